The molecule has 0 bridgehead atoms. The van der Waals surface area contributed by atoms with Crippen LogP contribution in [0, 0.1) is 0 Å². The molecule has 2 rings (SSSR count). The third-order valence-electron chi connectivity index (χ3n) is 3.24. The average molecular weight is 278 g/mol. The maximum atomic E-state index is 4.17. The first-order chi connectivity index (χ1) is 9.33. The largest absolute Gasteiger partial charge is 0.355 e. The summed E-state index contributed by atoms with van der Waals surface area (Å²) in [6, 6.07) is 2.25. The van der Waals surface area contributed by atoms with Crippen molar-refractivity contribution in [1.82, 2.24) is 15.5 Å². The van der Waals surface area contributed by atoms with Crippen molar-refractivity contribution < 1.29 is 0 Å². The summed E-state index contributed by atoms with van der Waals surface area (Å²) in [6.07, 6.45) is 3.02. The van der Waals surface area contributed by atoms with Crippen LogP contribution in [0.1, 0.15) is 10.4 Å². The third-order valence-corrected chi connectivity index (χ3v) is 4.27. The predicted octanol–water partition coefficient (Wildman–Crippen LogP) is 1.46. The molecule has 0 saturated carbocycles. The van der Waals surface area contributed by atoms with E-state index >= 15 is 0 Å². The predicted molar refractivity (Wildman–Crippen MR) is 82.9 cm³/mol. The maximum Gasteiger partial charge on any atom is 0.191 e. The normalized spacial score (nSPS) is 15.9. The molecule has 0 unspecified atom stereocenters. The van der Waals surface area contributed by atoms with Crippen molar-refractivity contribution in [3.63, 3.8) is 0 Å². The van der Waals surface area contributed by atoms with Crippen molar-refractivity contribution in [3.05, 3.63) is 34.5 Å². The van der Waals surface area contributed by atoms with Crippen LogP contribution in [0.4, 0.5) is 0 Å². The molecule has 19 heavy (non-hydrogen) atoms. The lowest BCUT2D eigenvalue weighted by Gasteiger charge is -2.27. The number of thiophene rings is 1. The van der Waals surface area contributed by atoms with Gasteiger partial charge in [-0.15, -0.1) is 17.9 Å². The molecule has 0 aliphatic carbocycles. The molecule has 4 nitrogen and oxygen atoms in total. The van der Waals surface area contributed by atoms with Crippen molar-refractivity contribution in [2.75, 3.05) is 33.2 Å². The van der Waals surface area contributed by atoms with Gasteiger partial charge in [-0.05, 0) is 23.4 Å². The highest BCUT2D eigenvalue weighted by Gasteiger charge is 2.16. The van der Waals surface area contributed by atoms with E-state index in [9.17, 15) is 0 Å². The molecule has 2 N–H and O–H groups in total. The lowest BCUT2D eigenvalue weighted by molar-refractivity contribution is 0.260. The summed E-state index contributed by atoms with van der Waals surface area (Å²) in [7, 11) is 1.79. The molecule has 1 aromatic rings. The second kappa shape index (κ2) is 7.31. The lowest BCUT2D eigenvalue weighted by Crippen LogP contribution is -2.42. The molecule has 0 aromatic carbocycles. The summed E-state index contributed by atoms with van der Waals surface area (Å²) in [4.78, 5) is 8.22. The van der Waals surface area contributed by atoms with Gasteiger partial charge in [0.15, 0.2) is 5.96 Å². The summed E-state index contributed by atoms with van der Waals surface area (Å²) >= 11 is 1.89. The molecule has 1 aromatic heterocycles. The fourth-order valence-corrected chi connectivity index (χ4v) is 3.11. The maximum absolute atomic E-state index is 4.17. The molecule has 1 aliphatic heterocycles. The quantitative estimate of drug-likeness (QED) is 0.487. The molecule has 0 amide bonds. The van der Waals surface area contributed by atoms with Gasteiger partial charge in [-0.2, -0.15) is 0 Å². The highest BCUT2D eigenvalue weighted by Crippen LogP contribution is 2.23. The Morgan fingerprint density at radius 1 is 1.58 bits per heavy atom. The van der Waals surface area contributed by atoms with Gasteiger partial charge in [-0.25, -0.2) is 0 Å². The first-order valence-corrected chi connectivity index (χ1v) is 7.54. The highest BCUT2D eigenvalue weighted by atomic mass is 32.1. The Labute approximate surface area is 119 Å². The zero-order valence-electron chi connectivity index (χ0n) is 11.5. The summed E-state index contributed by atoms with van der Waals surface area (Å²) < 4.78 is 0. The van der Waals surface area contributed by atoms with Gasteiger partial charge >= 0.3 is 0 Å². The van der Waals surface area contributed by atoms with Crippen LogP contribution >= 0.6 is 11.3 Å². The van der Waals surface area contributed by atoms with E-state index in [4.69, 9.17) is 0 Å². The van der Waals surface area contributed by atoms with E-state index in [1.807, 2.05) is 17.4 Å². The van der Waals surface area contributed by atoms with Gasteiger partial charge in [0, 0.05) is 44.6 Å². The molecule has 1 aliphatic rings. The number of fused-ring (bicyclic) bond motifs is 1. The molecule has 0 spiro atoms. The van der Waals surface area contributed by atoms with E-state index in [0.717, 1.165) is 38.7 Å². The van der Waals surface area contributed by atoms with Gasteiger partial charge in [0.2, 0.25) is 0 Å². The van der Waals surface area contributed by atoms with Crippen LogP contribution in [-0.2, 0) is 13.0 Å². The van der Waals surface area contributed by atoms with Gasteiger partial charge in [-0.1, -0.05) is 6.08 Å². The molecule has 0 saturated heterocycles. The molecular weight excluding hydrogens is 256 g/mol. The van der Waals surface area contributed by atoms with Gasteiger partial charge in [-0.3, -0.25) is 9.89 Å². The van der Waals surface area contributed by atoms with Crippen LogP contribution in [0.25, 0.3) is 0 Å². The van der Waals surface area contributed by atoms with E-state index in [1.165, 1.54) is 12.0 Å². The zero-order valence-corrected chi connectivity index (χ0v) is 12.3. The molecule has 5 heteroatoms. The number of nitrogens with zero attached hydrogens (tertiary/aromatic N) is 2. The Morgan fingerprint density at radius 3 is 3.26 bits per heavy atom. The summed E-state index contributed by atoms with van der Waals surface area (Å²) in [5.41, 5.74) is 1.51. The molecule has 2 heterocycles. The van der Waals surface area contributed by atoms with E-state index < -0.39 is 0 Å². The number of aliphatic imine (C=N–C) groups is 1. The third kappa shape index (κ3) is 4.08. The lowest BCUT2D eigenvalue weighted by atomic mass is 10.1. The standard InChI is InChI=1S/C14H22N4S/c1-3-6-16-14(15-2)17-7-9-18-8-4-13-12(11-18)5-10-19-13/h3,5,10H,1,4,6-9,11H2,2H3,(H2,15,16,17). The van der Waals surface area contributed by atoms with E-state index in [0.29, 0.717) is 0 Å². The van der Waals surface area contributed by atoms with Crippen molar-refractivity contribution in [2.24, 2.45) is 4.99 Å². The first-order valence-electron chi connectivity index (χ1n) is 6.66. The Morgan fingerprint density at radius 2 is 2.47 bits per heavy atom. The SMILES string of the molecule is C=CCNC(=NC)NCCN1CCc2sccc2C1. The summed E-state index contributed by atoms with van der Waals surface area (Å²) in [5, 5.41) is 8.70. The Hall–Kier alpha value is -1.33. The fraction of sp³-hybridized carbons (Fsp3) is 0.500. The molecule has 0 fully saturated rings. The Bertz CT molecular complexity index is 438. The highest BCUT2D eigenvalue weighted by molar-refractivity contribution is 7.10. The van der Waals surface area contributed by atoms with E-state index in [1.54, 1.807) is 11.9 Å². The topological polar surface area (TPSA) is 39.7 Å². The molecular formula is C14H22N4S. The monoisotopic (exact) mass is 278 g/mol. The summed E-state index contributed by atoms with van der Waals surface area (Å²) in [6.45, 7) is 8.62. The minimum absolute atomic E-state index is 0.738. The second-order valence-corrected chi connectivity index (χ2v) is 5.56. The van der Waals surface area contributed by atoms with Crippen LogP contribution in [-0.4, -0.2) is 44.1 Å². The number of hydrogen-bond donors (Lipinski definition) is 2. The van der Waals surface area contributed by atoms with Gasteiger partial charge < -0.3 is 10.6 Å². The van der Waals surface area contributed by atoms with Crippen molar-refractivity contribution in [1.29, 1.82) is 0 Å². The van der Waals surface area contributed by atoms with Gasteiger partial charge in [0.1, 0.15) is 0 Å². The zero-order chi connectivity index (χ0) is 13.5. The minimum Gasteiger partial charge on any atom is -0.355 e. The molecule has 0 atom stereocenters. The van der Waals surface area contributed by atoms with Gasteiger partial charge in [0.05, 0.1) is 0 Å². The van der Waals surface area contributed by atoms with Crippen molar-refractivity contribution in [3.8, 4) is 0 Å². The number of hydrogen-bond acceptors (Lipinski definition) is 3. The van der Waals surface area contributed by atoms with E-state index in [-0.39, 0.29) is 0 Å². The average Bonchev–Trinajstić information content (AvgIpc) is 2.90. The van der Waals surface area contributed by atoms with Crippen LogP contribution in [0.5, 0.6) is 0 Å². The second-order valence-electron chi connectivity index (χ2n) is 4.56. The van der Waals surface area contributed by atoms with Crippen LogP contribution < -0.4 is 10.6 Å². The van der Waals surface area contributed by atoms with Crippen LogP contribution in [0.2, 0.25) is 0 Å². The van der Waals surface area contributed by atoms with Crippen LogP contribution in [0.15, 0.2) is 29.1 Å². The number of guanidine groups is 1. The smallest absolute Gasteiger partial charge is 0.191 e. The van der Waals surface area contributed by atoms with Crippen molar-refractivity contribution >= 4 is 17.3 Å². The number of rotatable bonds is 5. The number of nitrogens with one attached hydrogen (secondary N) is 2. The fourth-order valence-electron chi connectivity index (χ4n) is 2.22. The molecule has 0 radical (unpaired) electrons. The van der Waals surface area contributed by atoms with Crippen molar-refractivity contribution in [2.45, 2.75) is 13.0 Å². The molecule has 104 valence electrons. The van der Waals surface area contributed by atoms with Gasteiger partial charge in [0.25, 0.3) is 0 Å². The first kappa shape index (κ1) is 14.1. The minimum atomic E-state index is 0.738. The Balaban J connectivity index is 1.70. The van der Waals surface area contributed by atoms with Crippen LogP contribution in [0.3, 0.4) is 0 Å². The summed E-state index contributed by atoms with van der Waals surface area (Å²) in [5.74, 6) is 0.841. The Kier molecular flexibility index (Phi) is 5.42. The van der Waals surface area contributed by atoms with E-state index in [2.05, 4.69) is 38.6 Å².